The van der Waals surface area contributed by atoms with Gasteiger partial charge in [-0.25, -0.2) is 0 Å². The molecule has 78 valence electrons. The van der Waals surface area contributed by atoms with Gasteiger partial charge in [0.15, 0.2) is 0 Å². The van der Waals surface area contributed by atoms with E-state index in [1.54, 1.807) is 0 Å². The van der Waals surface area contributed by atoms with Crippen LogP contribution in [0.3, 0.4) is 0 Å². The molecule has 0 aliphatic heterocycles. The summed E-state index contributed by atoms with van der Waals surface area (Å²) in [6.45, 7) is 5.72. The molecule has 0 bridgehead atoms. The molecule has 2 atom stereocenters. The summed E-state index contributed by atoms with van der Waals surface area (Å²) in [5.74, 6) is 0. The van der Waals surface area contributed by atoms with E-state index in [0.717, 1.165) is 5.56 Å². The molecule has 2 heteroatoms. The Morgan fingerprint density at radius 3 is 1.93 bits per heavy atom. The fourth-order valence-electron chi connectivity index (χ4n) is 1.31. The molecule has 0 aromatic heterocycles. The van der Waals surface area contributed by atoms with Crippen molar-refractivity contribution in [3.63, 3.8) is 0 Å². The molecule has 1 aromatic rings. The lowest BCUT2D eigenvalue weighted by Crippen LogP contribution is -2.32. The van der Waals surface area contributed by atoms with Gasteiger partial charge in [0.25, 0.3) is 0 Å². The molecule has 0 spiro atoms. The molecule has 2 N–H and O–H groups in total. The quantitative estimate of drug-likeness (QED) is 0.757. The summed E-state index contributed by atoms with van der Waals surface area (Å²) >= 11 is 0. The van der Waals surface area contributed by atoms with Gasteiger partial charge in [0.05, 0.1) is 6.10 Å². The highest BCUT2D eigenvalue weighted by Gasteiger charge is 2.29. The van der Waals surface area contributed by atoms with Crippen molar-refractivity contribution < 1.29 is 10.2 Å². The normalized spacial score (nSPS) is 16.4. The molecular formula is C12H18O2. The standard InChI is InChI=1S/C12H18O2/c1-12(2,3)11(14)10(13)9-7-5-4-6-8-9/h4-8,10-11,13-14H,1-3H3/t10-,11+/m1/s1. The maximum atomic E-state index is 9.87. The van der Waals surface area contributed by atoms with Crippen LogP contribution in [0, 0.1) is 5.41 Å². The molecule has 0 aliphatic rings. The number of hydrogen-bond acceptors (Lipinski definition) is 2. The highest BCUT2D eigenvalue weighted by atomic mass is 16.3. The smallest absolute Gasteiger partial charge is 0.105 e. The summed E-state index contributed by atoms with van der Waals surface area (Å²) in [6.07, 6.45) is -1.55. The molecule has 0 aliphatic carbocycles. The van der Waals surface area contributed by atoms with Gasteiger partial charge in [0.1, 0.15) is 6.10 Å². The SMILES string of the molecule is CC(C)(C)[C@@H](O)[C@H](O)c1ccccc1. The summed E-state index contributed by atoms with van der Waals surface area (Å²) in [6, 6.07) is 9.24. The summed E-state index contributed by atoms with van der Waals surface area (Å²) in [7, 11) is 0. The van der Waals surface area contributed by atoms with Crippen molar-refractivity contribution in [2.75, 3.05) is 0 Å². The van der Waals surface area contributed by atoms with Crippen LogP contribution in [0.25, 0.3) is 0 Å². The van der Waals surface area contributed by atoms with Crippen LogP contribution >= 0.6 is 0 Å². The maximum Gasteiger partial charge on any atom is 0.105 e. The summed E-state index contributed by atoms with van der Waals surface area (Å²) in [5.41, 5.74) is 0.449. The number of benzene rings is 1. The van der Waals surface area contributed by atoms with Crippen LogP contribution in [0.1, 0.15) is 32.4 Å². The first-order valence-electron chi connectivity index (χ1n) is 4.84. The number of aliphatic hydroxyl groups is 2. The maximum absolute atomic E-state index is 9.87. The Hall–Kier alpha value is -0.860. The average molecular weight is 194 g/mol. The van der Waals surface area contributed by atoms with Crippen LogP contribution in [0.5, 0.6) is 0 Å². The Balaban J connectivity index is 2.81. The second kappa shape index (κ2) is 4.11. The summed E-state index contributed by atoms with van der Waals surface area (Å²) < 4.78 is 0. The minimum absolute atomic E-state index is 0.310. The highest BCUT2D eigenvalue weighted by Crippen LogP contribution is 2.29. The van der Waals surface area contributed by atoms with Gasteiger partial charge < -0.3 is 10.2 Å². The second-order valence-corrected chi connectivity index (χ2v) is 4.67. The Morgan fingerprint density at radius 2 is 1.50 bits per heavy atom. The van der Waals surface area contributed by atoms with Gasteiger partial charge in [0, 0.05) is 0 Å². The van der Waals surface area contributed by atoms with E-state index in [1.807, 2.05) is 51.1 Å². The van der Waals surface area contributed by atoms with E-state index in [4.69, 9.17) is 0 Å². The predicted molar refractivity (Wildman–Crippen MR) is 56.9 cm³/mol. The van der Waals surface area contributed by atoms with E-state index < -0.39 is 12.2 Å². The van der Waals surface area contributed by atoms with Crippen molar-refractivity contribution >= 4 is 0 Å². The van der Waals surface area contributed by atoms with Crippen LogP contribution in [0.15, 0.2) is 30.3 Å². The van der Waals surface area contributed by atoms with Gasteiger partial charge in [-0.15, -0.1) is 0 Å². The second-order valence-electron chi connectivity index (χ2n) is 4.67. The molecule has 2 nitrogen and oxygen atoms in total. The molecule has 0 fully saturated rings. The van der Waals surface area contributed by atoms with Crippen LogP contribution in [-0.4, -0.2) is 16.3 Å². The molecule has 0 unspecified atom stereocenters. The van der Waals surface area contributed by atoms with Crippen LogP contribution < -0.4 is 0 Å². The molecule has 1 aromatic carbocycles. The number of rotatable bonds is 2. The molecule has 0 radical (unpaired) electrons. The van der Waals surface area contributed by atoms with Gasteiger partial charge in [0.2, 0.25) is 0 Å². The van der Waals surface area contributed by atoms with Crippen LogP contribution in [-0.2, 0) is 0 Å². The lowest BCUT2D eigenvalue weighted by Gasteiger charge is -2.30. The fourth-order valence-corrected chi connectivity index (χ4v) is 1.31. The Kier molecular flexibility index (Phi) is 3.29. The number of aliphatic hydroxyl groups excluding tert-OH is 2. The number of hydrogen-bond donors (Lipinski definition) is 2. The van der Waals surface area contributed by atoms with Crippen molar-refractivity contribution in [2.24, 2.45) is 5.41 Å². The van der Waals surface area contributed by atoms with Crippen LogP contribution in [0.4, 0.5) is 0 Å². The Morgan fingerprint density at radius 1 is 1.00 bits per heavy atom. The Labute approximate surface area is 85.2 Å². The van der Waals surface area contributed by atoms with E-state index in [-0.39, 0.29) is 5.41 Å². The monoisotopic (exact) mass is 194 g/mol. The fraction of sp³-hybridized carbons (Fsp3) is 0.500. The molecule has 1 rings (SSSR count). The van der Waals surface area contributed by atoms with Crippen molar-refractivity contribution in [1.29, 1.82) is 0 Å². The average Bonchev–Trinajstić information content (AvgIpc) is 2.15. The zero-order valence-electron chi connectivity index (χ0n) is 8.94. The first-order valence-corrected chi connectivity index (χ1v) is 4.84. The van der Waals surface area contributed by atoms with E-state index >= 15 is 0 Å². The highest BCUT2D eigenvalue weighted by molar-refractivity contribution is 5.18. The van der Waals surface area contributed by atoms with Gasteiger partial charge in [-0.1, -0.05) is 51.1 Å². The summed E-state index contributed by atoms with van der Waals surface area (Å²) in [4.78, 5) is 0. The van der Waals surface area contributed by atoms with Crippen molar-refractivity contribution in [2.45, 2.75) is 33.0 Å². The largest absolute Gasteiger partial charge is 0.390 e. The zero-order valence-corrected chi connectivity index (χ0v) is 8.94. The molecule has 0 saturated heterocycles. The van der Waals surface area contributed by atoms with Gasteiger partial charge in [-0.05, 0) is 11.0 Å². The third-order valence-electron chi connectivity index (χ3n) is 2.33. The lowest BCUT2D eigenvalue weighted by atomic mass is 9.84. The van der Waals surface area contributed by atoms with Crippen molar-refractivity contribution in [3.05, 3.63) is 35.9 Å². The van der Waals surface area contributed by atoms with Crippen molar-refractivity contribution in [1.82, 2.24) is 0 Å². The zero-order chi connectivity index (χ0) is 10.8. The van der Waals surface area contributed by atoms with E-state index in [2.05, 4.69) is 0 Å². The van der Waals surface area contributed by atoms with Crippen LogP contribution in [0.2, 0.25) is 0 Å². The minimum atomic E-state index is -0.809. The van der Waals surface area contributed by atoms with E-state index in [9.17, 15) is 10.2 Å². The topological polar surface area (TPSA) is 40.5 Å². The third-order valence-corrected chi connectivity index (χ3v) is 2.33. The molecule has 14 heavy (non-hydrogen) atoms. The van der Waals surface area contributed by atoms with Gasteiger partial charge in [-0.2, -0.15) is 0 Å². The first-order chi connectivity index (χ1) is 6.43. The predicted octanol–water partition coefficient (Wildman–Crippen LogP) is 2.13. The Bertz CT molecular complexity index is 274. The molecule has 0 heterocycles. The molecular weight excluding hydrogens is 176 g/mol. The molecule has 0 amide bonds. The van der Waals surface area contributed by atoms with Gasteiger partial charge in [-0.3, -0.25) is 0 Å². The van der Waals surface area contributed by atoms with E-state index in [1.165, 1.54) is 0 Å². The first kappa shape index (κ1) is 11.2. The summed E-state index contributed by atoms with van der Waals surface area (Å²) in [5, 5.41) is 19.7. The molecule has 0 saturated carbocycles. The lowest BCUT2D eigenvalue weighted by molar-refractivity contribution is -0.0458. The van der Waals surface area contributed by atoms with E-state index in [0.29, 0.717) is 0 Å². The van der Waals surface area contributed by atoms with Crippen molar-refractivity contribution in [3.8, 4) is 0 Å². The minimum Gasteiger partial charge on any atom is -0.390 e. The third kappa shape index (κ3) is 2.56. The van der Waals surface area contributed by atoms with Gasteiger partial charge >= 0.3 is 0 Å².